The van der Waals surface area contributed by atoms with Gasteiger partial charge in [0.15, 0.2) is 0 Å². The summed E-state index contributed by atoms with van der Waals surface area (Å²) in [7, 11) is -4.00. The smallest absolute Gasteiger partial charge is 0.244 e. The van der Waals surface area contributed by atoms with Gasteiger partial charge in [0.2, 0.25) is 21.8 Å². The van der Waals surface area contributed by atoms with E-state index in [9.17, 15) is 22.4 Å². The number of carbonyl (C=O) groups is 2. The predicted molar refractivity (Wildman–Crippen MR) is 143 cm³/mol. The molecule has 1 N–H and O–H groups in total. The summed E-state index contributed by atoms with van der Waals surface area (Å²) in [6.07, 6.45) is 1.88. The number of nitrogens with zero attached hydrogens (tertiary/aromatic N) is 2. The van der Waals surface area contributed by atoms with Crippen LogP contribution in [0.25, 0.3) is 0 Å². The third kappa shape index (κ3) is 7.96. The van der Waals surface area contributed by atoms with Gasteiger partial charge < -0.3 is 10.2 Å². The highest BCUT2D eigenvalue weighted by Gasteiger charge is 2.33. The fourth-order valence-electron chi connectivity index (χ4n) is 3.45. The van der Waals surface area contributed by atoms with E-state index >= 15 is 0 Å². The van der Waals surface area contributed by atoms with E-state index in [1.165, 1.54) is 41.3 Å². The molecule has 12 heteroatoms. The van der Waals surface area contributed by atoms with E-state index in [0.29, 0.717) is 12.0 Å². The molecule has 0 spiro atoms. The standard InChI is InChI=1S/C24H29Cl3FN3O4S/c1-5-15(3)29-24(33)21(6-2)30(13-16-7-9-17(28)10-8-16)23(32)14-31(36(4,34)35)22-12-19(26)18(25)11-20(22)27/h7-12,15,21H,5-6,13-14H2,1-4H3,(H,29,33)/t15-,21+/m0/s1. The Labute approximate surface area is 226 Å². The van der Waals surface area contributed by atoms with E-state index in [0.717, 1.165) is 10.6 Å². The third-order valence-corrected chi connectivity index (χ3v) is 7.74. The molecule has 2 rings (SSSR count). The maximum absolute atomic E-state index is 13.6. The number of nitrogens with one attached hydrogen (secondary N) is 1. The molecule has 2 atom stereocenters. The van der Waals surface area contributed by atoms with E-state index in [-0.39, 0.29) is 45.7 Å². The Bertz CT molecular complexity index is 1200. The molecular formula is C24H29Cl3FN3O4S. The molecule has 0 aliphatic heterocycles. The summed E-state index contributed by atoms with van der Waals surface area (Å²) in [5, 5.41) is 3.03. The molecule has 2 aromatic carbocycles. The largest absolute Gasteiger partial charge is 0.352 e. The van der Waals surface area contributed by atoms with E-state index in [2.05, 4.69) is 5.32 Å². The SMILES string of the molecule is CC[C@H](C(=O)N[C@@H](C)CC)N(Cc1ccc(F)cc1)C(=O)CN(c1cc(Cl)c(Cl)cc1Cl)S(C)(=O)=O. The van der Waals surface area contributed by atoms with Crippen molar-refractivity contribution in [3.05, 3.63) is 62.8 Å². The summed E-state index contributed by atoms with van der Waals surface area (Å²) in [5.41, 5.74) is 0.541. The fourth-order valence-corrected chi connectivity index (χ4v) is 4.99. The van der Waals surface area contributed by atoms with E-state index in [1.807, 2.05) is 13.8 Å². The molecule has 0 heterocycles. The van der Waals surface area contributed by atoms with Gasteiger partial charge in [-0.05, 0) is 49.6 Å². The first kappa shape index (κ1) is 30.2. The summed E-state index contributed by atoms with van der Waals surface area (Å²) >= 11 is 18.3. The zero-order valence-electron chi connectivity index (χ0n) is 20.4. The van der Waals surface area contributed by atoms with Crippen LogP contribution in [0, 0.1) is 5.82 Å². The van der Waals surface area contributed by atoms with Crippen molar-refractivity contribution in [3.8, 4) is 0 Å². The van der Waals surface area contributed by atoms with Crippen molar-refractivity contribution in [3.63, 3.8) is 0 Å². The number of hydrogen-bond donors (Lipinski definition) is 1. The molecule has 0 bridgehead atoms. The third-order valence-electron chi connectivity index (χ3n) is 5.59. The van der Waals surface area contributed by atoms with Gasteiger partial charge in [0.05, 0.1) is 27.0 Å². The minimum Gasteiger partial charge on any atom is -0.352 e. The minimum atomic E-state index is -4.00. The number of hydrogen-bond acceptors (Lipinski definition) is 4. The summed E-state index contributed by atoms with van der Waals surface area (Å²) in [4.78, 5) is 28.0. The van der Waals surface area contributed by atoms with Crippen LogP contribution in [0.15, 0.2) is 36.4 Å². The molecule has 36 heavy (non-hydrogen) atoms. The van der Waals surface area contributed by atoms with Crippen LogP contribution in [0.1, 0.15) is 39.2 Å². The monoisotopic (exact) mass is 579 g/mol. The number of rotatable bonds is 11. The Balaban J connectivity index is 2.50. The van der Waals surface area contributed by atoms with Gasteiger partial charge in [-0.15, -0.1) is 0 Å². The lowest BCUT2D eigenvalue weighted by Crippen LogP contribution is -2.53. The maximum Gasteiger partial charge on any atom is 0.244 e. The molecule has 0 aliphatic rings. The Kier molecular flexibility index (Phi) is 10.8. The first-order valence-electron chi connectivity index (χ1n) is 11.2. The lowest BCUT2D eigenvalue weighted by atomic mass is 10.1. The van der Waals surface area contributed by atoms with Crippen LogP contribution in [0.3, 0.4) is 0 Å². The molecule has 0 unspecified atom stereocenters. The highest BCUT2D eigenvalue weighted by molar-refractivity contribution is 7.92. The van der Waals surface area contributed by atoms with Crippen LogP contribution < -0.4 is 9.62 Å². The summed E-state index contributed by atoms with van der Waals surface area (Å²) in [6.45, 7) is 4.81. The van der Waals surface area contributed by atoms with Gasteiger partial charge >= 0.3 is 0 Å². The van der Waals surface area contributed by atoms with Crippen molar-refractivity contribution in [1.29, 1.82) is 0 Å². The second-order valence-corrected chi connectivity index (χ2v) is 11.5. The van der Waals surface area contributed by atoms with Gasteiger partial charge in [0.25, 0.3) is 0 Å². The molecule has 0 aliphatic carbocycles. The highest BCUT2D eigenvalue weighted by Crippen LogP contribution is 2.35. The van der Waals surface area contributed by atoms with E-state index in [4.69, 9.17) is 34.8 Å². The molecule has 2 aromatic rings. The lowest BCUT2D eigenvalue weighted by Gasteiger charge is -2.33. The predicted octanol–water partition coefficient (Wildman–Crippen LogP) is 5.27. The zero-order valence-corrected chi connectivity index (χ0v) is 23.5. The van der Waals surface area contributed by atoms with Crippen LogP contribution >= 0.6 is 34.8 Å². The quantitative estimate of drug-likeness (QED) is 0.367. The van der Waals surface area contributed by atoms with Crippen LogP contribution in [-0.4, -0.2) is 50.0 Å². The molecule has 0 saturated heterocycles. The molecule has 0 saturated carbocycles. The maximum atomic E-state index is 13.6. The number of halogens is 4. The molecule has 0 aromatic heterocycles. The summed E-state index contributed by atoms with van der Waals surface area (Å²) in [5.74, 6) is -1.48. The van der Waals surface area contributed by atoms with E-state index < -0.39 is 34.3 Å². The molecule has 0 radical (unpaired) electrons. The van der Waals surface area contributed by atoms with Crippen molar-refractivity contribution < 1.29 is 22.4 Å². The lowest BCUT2D eigenvalue weighted by molar-refractivity contribution is -0.140. The first-order valence-corrected chi connectivity index (χ1v) is 14.2. The van der Waals surface area contributed by atoms with Crippen molar-refractivity contribution in [1.82, 2.24) is 10.2 Å². The number of amides is 2. The number of sulfonamides is 1. The number of anilines is 1. The average molecular weight is 581 g/mol. The summed E-state index contributed by atoms with van der Waals surface area (Å²) in [6, 6.07) is 7.01. The Morgan fingerprint density at radius 3 is 2.11 bits per heavy atom. The second kappa shape index (κ2) is 12.9. The topological polar surface area (TPSA) is 86.8 Å². The second-order valence-electron chi connectivity index (χ2n) is 8.38. The van der Waals surface area contributed by atoms with Crippen molar-refractivity contribution in [2.75, 3.05) is 17.1 Å². The van der Waals surface area contributed by atoms with Gasteiger partial charge in [0, 0.05) is 12.6 Å². The molecule has 198 valence electrons. The van der Waals surface area contributed by atoms with Crippen molar-refractivity contribution in [2.45, 2.75) is 52.2 Å². The summed E-state index contributed by atoms with van der Waals surface area (Å²) < 4.78 is 39.7. The fraction of sp³-hybridized carbons (Fsp3) is 0.417. The first-order chi connectivity index (χ1) is 16.8. The van der Waals surface area contributed by atoms with E-state index in [1.54, 1.807) is 6.92 Å². The normalized spacial score (nSPS) is 13.1. The van der Waals surface area contributed by atoms with Gasteiger partial charge in [-0.3, -0.25) is 13.9 Å². The Morgan fingerprint density at radius 1 is 1.00 bits per heavy atom. The van der Waals surface area contributed by atoms with Gasteiger partial charge in [-0.25, -0.2) is 12.8 Å². The zero-order chi connectivity index (χ0) is 27.2. The Morgan fingerprint density at radius 2 is 1.58 bits per heavy atom. The number of carbonyl (C=O) groups excluding carboxylic acids is 2. The molecule has 7 nitrogen and oxygen atoms in total. The van der Waals surface area contributed by atoms with Crippen molar-refractivity contribution in [2.24, 2.45) is 0 Å². The van der Waals surface area contributed by atoms with Crippen LogP contribution in [0.5, 0.6) is 0 Å². The highest BCUT2D eigenvalue weighted by atomic mass is 35.5. The number of benzene rings is 2. The Hall–Kier alpha value is -2.07. The average Bonchev–Trinajstić information content (AvgIpc) is 2.80. The van der Waals surface area contributed by atoms with Gasteiger partial charge in [0.1, 0.15) is 18.4 Å². The van der Waals surface area contributed by atoms with Crippen LogP contribution in [-0.2, 0) is 26.2 Å². The minimum absolute atomic E-state index is 0.0192. The van der Waals surface area contributed by atoms with Crippen LogP contribution in [0.4, 0.5) is 10.1 Å². The van der Waals surface area contributed by atoms with Crippen molar-refractivity contribution >= 4 is 62.3 Å². The molecule has 0 fully saturated rings. The van der Waals surface area contributed by atoms with Gasteiger partial charge in [-0.2, -0.15) is 0 Å². The van der Waals surface area contributed by atoms with Gasteiger partial charge in [-0.1, -0.05) is 60.8 Å². The molecular weight excluding hydrogens is 552 g/mol. The van der Waals surface area contributed by atoms with Crippen LogP contribution in [0.2, 0.25) is 15.1 Å². The molecule has 2 amide bonds.